The maximum Gasteiger partial charge on any atom is 0.271 e. The van der Waals surface area contributed by atoms with Gasteiger partial charge in [0.25, 0.3) is 12.0 Å². The molecule has 2 aromatic heterocycles. The summed E-state index contributed by atoms with van der Waals surface area (Å²) in [5, 5.41) is 6.97. The molecule has 1 aromatic carbocycles. The summed E-state index contributed by atoms with van der Waals surface area (Å²) in [5.74, 6) is 0.606. The van der Waals surface area contributed by atoms with Crippen molar-refractivity contribution in [2.45, 2.75) is 56.9 Å². The fourth-order valence-electron chi connectivity index (χ4n) is 4.05. The van der Waals surface area contributed by atoms with Gasteiger partial charge in [-0.2, -0.15) is 0 Å². The van der Waals surface area contributed by atoms with Crippen LogP contribution in [0.3, 0.4) is 0 Å². The minimum atomic E-state index is -2.60. The number of hydrogen-bond donors (Lipinski definition) is 3. The van der Waals surface area contributed by atoms with Crippen LogP contribution in [0, 0.1) is 13.8 Å². The lowest BCUT2D eigenvalue weighted by Gasteiger charge is -2.15. The molecule has 0 radical (unpaired) electrons. The van der Waals surface area contributed by atoms with Crippen LogP contribution in [0.15, 0.2) is 32.4 Å². The first-order chi connectivity index (χ1) is 14.8. The van der Waals surface area contributed by atoms with E-state index in [-0.39, 0.29) is 11.7 Å². The molecule has 1 atom stereocenters. The van der Waals surface area contributed by atoms with Gasteiger partial charge in [-0.25, -0.2) is 17.7 Å². The predicted molar refractivity (Wildman–Crippen MR) is 116 cm³/mol. The number of nitrogens with zero attached hydrogens (tertiary/aromatic N) is 1. The van der Waals surface area contributed by atoms with E-state index in [1.54, 1.807) is 19.1 Å². The van der Waals surface area contributed by atoms with E-state index in [1.165, 1.54) is 6.07 Å². The second kappa shape index (κ2) is 8.88. The van der Waals surface area contributed by atoms with Crippen LogP contribution in [-0.2, 0) is 11.0 Å². The first kappa shape index (κ1) is 21.6. The normalized spacial score (nSPS) is 15.8. The second-order valence-corrected chi connectivity index (χ2v) is 9.00. The number of benzene rings is 1. The Bertz CT molecular complexity index is 1170. The number of pyridine rings is 1. The molecule has 1 unspecified atom stereocenters. The van der Waals surface area contributed by atoms with Crippen molar-refractivity contribution >= 4 is 27.6 Å². The third kappa shape index (κ3) is 4.54. The summed E-state index contributed by atoms with van der Waals surface area (Å²) >= 11 is 0. The summed E-state index contributed by atoms with van der Waals surface area (Å²) in [6.45, 7) is 2.95. The van der Waals surface area contributed by atoms with Crippen molar-refractivity contribution in [2.24, 2.45) is 0 Å². The molecule has 31 heavy (non-hydrogen) atoms. The number of nitrogens with one attached hydrogen (secondary N) is 3. The Labute approximate surface area is 180 Å². The van der Waals surface area contributed by atoms with Crippen LogP contribution in [0.1, 0.15) is 37.1 Å². The molecular weight excluding hydrogens is 426 g/mol. The van der Waals surface area contributed by atoms with Gasteiger partial charge in [-0.05, 0) is 50.5 Å². The Balaban J connectivity index is 1.85. The largest absolute Gasteiger partial charge is 0.375 e. The first-order valence-corrected chi connectivity index (χ1v) is 11.3. The lowest BCUT2D eigenvalue weighted by molar-refractivity contribution is 0.163. The van der Waals surface area contributed by atoms with E-state index in [2.05, 4.69) is 20.2 Å². The molecule has 2 heterocycles. The van der Waals surface area contributed by atoms with E-state index in [4.69, 9.17) is 4.52 Å². The molecule has 3 N–H and O–H groups in total. The minimum absolute atomic E-state index is 0.0111. The van der Waals surface area contributed by atoms with Crippen LogP contribution < -0.4 is 15.6 Å². The molecule has 3 aromatic rings. The van der Waals surface area contributed by atoms with Gasteiger partial charge < -0.3 is 14.8 Å². The Morgan fingerprint density at radius 2 is 2.00 bits per heavy atom. The van der Waals surface area contributed by atoms with Crippen LogP contribution in [0.5, 0.6) is 0 Å². The fraction of sp³-hybridized carbons (Fsp3) is 0.429. The summed E-state index contributed by atoms with van der Waals surface area (Å²) in [6, 6.07) is 5.17. The van der Waals surface area contributed by atoms with Crippen molar-refractivity contribution in [3.63, 3.8) is 0 Å². The average Bonchev–Trinajstić information content (AvgIpc) is 3.34. The molecule has 4 rings (SSSR count). The van der Waals surface area contributed by atoms with Gasteiger partial charge in [-0.3, -0.25) is 4.79 Å². The number of hydrogen-bond acceptors (Lipinski definition) is 5. The number of aromatic nitrogens is 2. The molecule has 0 spiro atoms. The maximum atomic E-state index is 13.3. The number of rotatable bonds is 7. The number of aromatic amines is 1. The number of fused-ring (bicyclic) bond motifs is 1. The molecule has 1 saturated carbocycles. The van der Waals surface area contributed by atoms with Gasteiger partial charge >= 0.3 is 0 Å². The molecule has 0 amide bonds. The van der Waals surface area contributed by atoms with Gasteiger partial charge in [-0.1, -0.05) is 18.0 Å². The monoisotopic (exact) mass is 450 g/mol. The molecule has 1 fully saturated rings. The summed E-state index contributed by atoms with van der Waals surface area (Å²) in [7, 11) is -1.56. The third-order valence-electron chi connectivity index (χ3n) is 5.52. The molecule has 10 heteroatoms. The highest BCUT2D eigenvalue weighted by atomic mass is 32.2. The van der Waals surface area contributed by atoms with Crippen LogP contribution in [0.4, 0.5) is 14.5 Å². The standard InChI is InChI=1S/C21H24F2N4O3S/c1-11-20(12(2)30-26-11)13-7-16-15(9-17(21(28)25-16)24-10-19(22)23)18(8-13)31(29)27-14-5-3-4-6-14/h7-9,14,19,24,27H,3-6,10H2,1-2H3,(H,25,28). The van der Waals surface area contributed by atoms with E-state index in [0.717, 1.165) is 31.2 Å². The minimum Gasteiger partial charge on any atom is -0.375 e. The summed E-state index contributed by atoms with van der Waals surface area (Å²) in [6.07, 6.45) is 1.47. The summed E-state index contributed by atoms with van der Waals surface area (Å²) in [4.78, 5) is 15.7. The number of halogens is 2. The molecule has 7 nitrogen and oxygen atoms in total. The Morgan fingerprint density at radius 3 is 2.65 bits per heavy atom. The number of anilines is 1. The number of alkyl halides is 2. The quantitative estimate of drug-likeness (QED) is 0.505. The third-order valence-corrected chi connectivity index (χ3v) is 6.81. The Kier molecular flexibility index (Phi) is 6.19. The topological polar surface area (TPSA) is 100 Å². The molecule has 0 saturated heterocycles. The zero-order valence-electron chi connectivity index (χ0n) is 17.3. The zero-order chi connectivity index (χ0) is 22.1. The van der Waals surface area contributed by atoms with E-state index in [9.17, 15) is 17.8 Å². The van der Waals surface area contributed by atoms with Crippen LogP contribution in [0.25, 0.3) is 22.0 Å². The van der Waals surface area contributed by atoms with Crippen molar-refractivity contribution in [3.05, 3.63) is 40.0 Å². The van der Waals surface area contributed by atoms with Crippen LogP contribution in [-0.4, -0.2) is 33.4 Å². The maximum absolute atomic E-state index is 13.3. The summed E-state index contributed by atoms with van der Waals surface area (Å²) in [5.41, 5.74) is 2.10. The number of aryl methyl sites for hydroxylation is 2. The van der Waals surface area contributed by atoms with Crippen molar-refractivity contribution in [3.8, 4) is 11.1 Å². The lowest BCUT2D eigenvalue weighted by Crippen LogP contribution is -2.28. The first-order valence-electron chi connectivity index (χ1n) is 10.2. The van der Waals surface area contributed by atoms with E-state index >= 15 is 0 Å². The summed E-state index contributed by atoms with van der Waals surface area (Å²) < 4.78 is 47.0. The highest BCUT2D eigenvalue weighted by molar-refractivity contribution is 7.83. The molecule has 0 bridgehead atoms. The predicted octanol–water partition coefficient (Wildman–Crippen LogP) is 4.03. The molecule has 0 aliphatic heterocycles. The van der Waals surface area contributed by atoms with Crippen molar-refractivity contribution in [1.82, 2.24) is 14.9 Å². The van der Waals surface area contributed by atoms with Gasteiger partial charge in [0.15, 0.2) is 0 Å². The molecule has 1 aliphatic rings. The molecular formula is C21H24F2N4O3S. The van der Waals surface area contributed by atoms with Crippen LogP contribution in [0.2, 0.25) is 0 Å². The molecule has 166 valence electrons. The number of H-pyrrole nitrogens is 1. The van der Waals surface area contributed by atoms with Crippen molar-refractivity contribution < 1.29 is 17.5 Å². The van der Waals surface area contributed by atoms with Crippen molar-refractivity contribution in [2.75, 3.05) is 11.9 Å². The van der Waals surface area contributed by atoms with Gasteiger partial charge in [0.05, 0.1) is 22.7 Å². The van der Waals surface area contributed by atoms with Gasteiger partial charge in [0.1, 0.15) is 22.4 Å². The van der Waals surface area contributed by atoms with Crippen LogP contribution >= 0.6 is 0 Å². The average molecular weight is 451 g/mol. The zero-order valence-corrected chi connectivity index (χ0v) is 18.1. The van der Waals surface area contributed by atoms with Gasteiger partial charge in [0.2, 0.25) is 0 Å². The highest BCUT2D eigenvalue weighted by Crippen LogP contribution is 2.33. The van der Waals surface area contributed by atoms with Crippen molar-refractivity contribution in [1.29, 1.82) is 0 Å². The van der Waals surface area contributed by atoms with Gasteiger partial charge in [-0.15, -0.1) is 0 Å². The van der Waals surface area contributed by atoms with E-state index < -0.39 is 29.5 Å². The second-order valence-electron chi connectivity index (χ2n) is 7.79. The van der Waals surface area contributed by atoms with E-state index in [0.29, 0.717) is 32.8 Å². The van der Waals surface area contributed by atoms with E-state index in [1.807, 2.05) is 6.92 Å². The highest BCUT2D eigenvalue weighted by Gasteiger charge is 2.22. The Morgan fingerprint density at radius 1 is 1.26 bits per heavy atom. The Hall–Kier alpha value is -2.59. The molecule has 1 aliphatic carbocycles. The van der Waals surface area contributed by atoms with Gasteiger partial charge in [0, 0.05) is 17.0 Å². The fourth-order valence-corrected chi connectivity index (χ4v) is 5.32. The SMILES string of the molecule is Cc1noc(C)c1-c1cc(S(=O)NC2CCCC2)c2cc(NCC(F)F)c(=O)[nH]c2c1. The lowest BCUT2D eigenvalue weighted by atomic mass is 10.0. The smallest absolute Gasteiger partial charge is 0.271 e.